The number of benzene rings is 8. The molecular weight excluding hydrogens is 809 g/mol. The summed E-state index contributed by atoms with van der Waals surface area (Å²) in [5.74, 6) is 2.40. The zero-order valence-electron chi connectivity index (χ0n) is 39.3. The lowest BCUT2D eigenvalue weighted by molar-refractivity contribution is 0.237. The van der Waals surface area contributed by atoms with Crippen LogP contribution in [0.4, 0.5) is 22.7 Å². The van der Waals surface area contributed by atoms with Gasteiger partial charge < -0.3 is 9.80 Å². The van der Waals surface area contributed by atoms with Crippen LogP contribution in [0.2, 0.25) is 0 Å². The average molecular weight is 867 g/mol. The van der Waals surface area contributed by atoms with Gasteiger partial charge in [0.15, 0.2) is 0 Å². The summed E-state index contributed by atoms with van der Waals surface area (Å²) in [4.78, 5) is 5.38. The van der Waals surface area contributed by atoms with E-state index in [4.69, 9.17) is 0 Å². The molecule has 8 aromatic rings. The van der Waals surface area contributed by atoms with Gasteiger partial charge in [0.1, 0.15) is 0 Å². The molecule has 2 heterocycles. The monoisotopic (exact) mass is 866 g/mol. The molecule has 0 bridgehead atoms. The molecule has 2 fully saturated rings. The van der Waals surface area contributed by atoms with Gasteiger partial charge in [0.25, 0.3) is 0 Å². The van der Waals surface area contributed by atoms with Gasteiger partial charge in [-0.15, -0.1) is 0 Å². The van der Waals surface area contributed by atoms with Gasteiger partial charge in [-0.2, -0.15) is 0 Å². The van der Waals surface area contributed by atoms with Crippen molar-refractivity contribution in [3.05, 3.63) is 215 Å². The Kier molecular flexibility index (Phi) is 8.37. The summed E-state index contributed by atoms with van der Waals surface area (Å²) in [6.07, 6.45) is 7.40. The highest BCUT2D eigenvalue weighted by molar-refractivity contribution is 5.97. The van der Waals surface area contributed by atoms with E-state index < -0.39 is 5.41 Å². The lowest BCUT2D eigenvalue weighted by Gasteiger charge is -2.45. The molecule has 1 spiro atoms. The van der Waals surface area contributed by atoms with Crippen LogP contribution in [0.3, 0.4) is 0 Å². The normalized spacial score (nSPS) is 25.4. The van der Waals surface area contributed by atoms with Crippen molar-refractivity contribution in [2.75, 3.05) is 9.80 Å². The maximum absolute atomic E-state index is 2.69. The molecule has 4 aliphatic carbocycles. The Hall–Kier alpha value is -6.64. The van der Waals surface area contributed by atoms with Crippen LogP contribution in [0.5, 0.6) is 0 Å². The van der Waals surface area contributed by atoms with Crippen LogP contribution in [0.1, 0.15) is 111 Å². The third-order valence-corrected chi connectivity index (χ3v) is 18.2. The van der Waals surface area contributed by atoms with E-state index in [0.29, 0.717) is 23.7 Å². The van der Waals surface area contributed by atoms with Crippen LogP contribution in [0.15, 0.2) is 182 Å². The third-order valence-electron chi connectivity index (χ3n) is 18.2. The second-order valence-corrected chi connectivity index (χ2v) is 21.8. The molecule has 0 saturated heterocycles. The summed E-state index contributed by atoms with van der Waals surface area (Å²) in [5, 5.41) is 0. The van der Waals surface area contributed by atoms with Gasteiger partial charge in [-0.05, 0) is 203 Å². The highest BCUT2D eigenvalue weighted by atomic mass is 15.2. The van der Waals surface area contributed by atoms with Crippen molar-refractivity contribution in [2.45, 2.75) is 94.5 Å². The van der Waals surface area contributed by atoms with E-state index in [9.17, 15) is 0 Å². The molecule has 0 N–H and O–H groups in total. The molecule has 6 aliphatic rings. The van der Waals surface area contributed by atoms with Crippen molar-refractivity contribution in [2.24, 2.45) is 11.8 Å². The predicted molar refractivity (Wildman–Crippen MR) is 279 cm³/mol. The van der Waals surface area contributed by atoms with Crippen molar-refractivity contribution in [3.63, 3.8) is 0 Å². The van der Waals surface area contributed by atoms with Crippen molar-refractivity contribution in [1.82, 2.24) is 0 Å². The molecule has 328 valence electrons. The standard InChI is InChI=1S/C65H58N2/c1-41-31-33-63(3)57(35-41)53-37-43(25-29-61(53)66(63)47-15-7-5-8-16-47)45-23-27-51-52-28-24-46(40-60(52)65(59(51)39-45)55-21-13-11-19-49(55)50-20-12-14-22-56(50)65)44-26-30-62-54(38-44)58-36-42(2)32-34-64(58,4)67(62)48-17-9-6-10-18-48/h5-30,37-42,57-58H,31-36H2,1-4H3. The van der Waals surface area contributed by atoms with Gasteiger partial charge in [0.2, 0.25) is 0 Å². The topological polar surface area (TPSA) is 6.48 Å². The smallest absolute Gasteiger partial charge is 0.0725 e. The van der Waals surface area contributed by atoms with E-state index in [1.165, 1.54) is 139 Å². The molecule has 6 unspecified atom stereocenters. The number of anilines is 4. The molecule has 0 aromatic heterocycles. The first-order valence-electron chi connectivity index (χ1n) is 25.2. The molecule has 6 atom stereocenters. The fraction of sp³-hybridized carbons (Fsp3) is 0.262. The van der Waals surface area contributed by atoms with Gasteiger partial charge in [-0.25, -0.2) is 0 Å². The summed E-state index contributed by atoms with van der Waals surface area (Å²) < 4.78 is 0. The molecule has 2 aliphatic heterocycles. The van der Waals surface area contributed by atoms with Crippen molar-refractivity contribution >= 4 is 22.7 Å². The summed E-state index contributed by atoms with van der Waals surface area (Å²) in [7, 11) is 0. The van der Waals surface area contributed by atoms with Crippen LogP contribution < -0.4 is 9.80 Å². The van der Waals surface area contributed by atoms with Crippen LogP contribution in [0, 0.1) is 11.8 Å². The van der Waals surface area contributed by atoms with E-state index >= 15 is 0 Å². The van der Waals surface area contributed by atoms with Crippen molar-refractivity contribution < 1.29 is 0 Å². The number of fused-ring (bicyclic) bond motifs is 16. The van der Waals surface area contributed by atoms with E-state index in [1.807, 2.05) is 0 Å². The Bertz CT molecular complexity index is 3090. The highest BCUT2D eigenvalue weighted by Crippen LogP contribution is 2.65. The Balaban J connectivity index is 0.933. The van der Waals surface area contributed by atoms with Crippen LogP contribution >= 0.6 is 0 Å². The van der Waals surface area contributed by atoms with E-state index in [1.54, 1.807) is 0 Å². The van der Waals surface area contributed by atoms with Crippen LogP contribution in [0.25, 0.3) is 44.5 Å². The van der Waals surface area contributed by atoms with Gasteiger partial charge in [-0.3, -0.25) is 0 Å². The molecule has 14 rings (SSSR count). The van der Waals surface area contributed by atoms with Crippen molar-refractivity contribution in [3.8, 4) is 44.5 Å². The van der Waals surface area contributed by atoms with Crippen LogP contribution in [-0.4, -0.2) is 11.1 Å². The zero-order valence-corrected chi connectivity index (χ0v) is 39.3. The lowest BCUT2D eigenvalue weighted by Crippen LogP contribution is -2.46. The average Bonchev–Trinajstić information content (AvgIpc) is 4.01. The number of hydrogen-bond acceptors (Lipinski definition) is 2. The van der Waals surface area contributed by atoms with Crippen molar-refractivity contribution in [1.29, 1.82) is 0 Å². The first-order valence-corrected chi connectivity index (χ1v) is 25.2. The van der Waals surface area contributed by atoms with Gasteiger partial charge in [0.05, 0.1) is 5.41 Å². The Morgan fingerprint density at radius 3 is 1.21 bits per heavy atom. The Labute approximate surface area is 397 Å². The first-order chi connectivity index (χ1) is 32.8. The van der Waals surface area contributed by atoms with Crippen LogP contribution in [-0.2, 0) is 5.41 Å². The molecule has 2 saturated carbocycles. The molecule has 0 amide bonds. The fourth-order valence-corrected chi connectivity index (χ4v) is 14.9. The van der Waals surface area contributed by atoms with E-state index in [0.717, 1.165) is 0 Å². The maximum Gasteiger partial charge on any atom is 0.0725 e. The second kappa shape index (κ2) is 14.2. The molecular formula is C65H58N2. The summed E-state index contributed by atoms with van der Waals surface area (Å²) in [6.45, 7) is 9.99. The van der Waals surface area contributed by atoms with E-state index in [-0.39, 0.29) is 11.1 Å². The van der Waals surface area contributed by atoms with Gasteiger partial charge >= 0.3 is 0 Å². The molecule has 8 aromatic carbocycles. The lowest BCUT2D eigenvalue weighted by atomic mass is 9.68. The summed E-state index contributed by atoms with van der Waals surface area (Å²) >= 11 is 0. The molecule has 67 heavy (non-hydrogen) atoms. The van der Waals surface area contributed by atoms with Gasteiger partial charge in [0, 0.05) is 45.7 Å². The third kappa shape index (κ3) is 5.33. The number of rotatable bonds is 4. The van der Waals surface area contributed by atoms with E-state index in [2.05, 4.69) is 219 Å². The minimum Gasteiger partial charge on any atom is -0.335 e. The molecule has 2 heteroatoms. The SMILES string of the molecule is CC1CCC2(C)C(C1)c1cc(-c3ccc4c(c3)C3(c5ccccc5-c5ccccc53)c3cc(-c5ccc6c(c5)C5CC(C)CCC5(C)N6c5ccccc5)ccc3-4)ccc1N2c1ccccc1. The minimum atomic E-state index is -0.444. The number of hydrogen-bond donors (Lipinski definition) is 0. The highest BCUT2D eigenvalue weighted by Gasteiger charge is 2.54. The quantitative estimate of drug-likeness (QED) is 0.174. The molecule has 2 nitrogen and oxygen atoms in total. The second-order valence-electron chi connectivity index (χ2n) is 21.8. The number of para-hydroxylation sites is 2. The first kappa shape index (κ1) is 39.5. The summed E-state index contributed by atoms with van der Waals surface area (Å²) in [5.41, 5.74) is 24.3. The largest absolute Gasteiger partial charge is 0.335 e. The minimum absolute atomic E-state index is 0.0576. The zero-order chi connectivity index (χ0) is 44.8. The predicted octanol–water partition coefficient (Wildman–Crippen LogP) is 17.0. The maximum atomic E-state index is 2.69. The molecule has 0 radical (unpaired) electrons. The van der Waals surface area contributed by atoms with Gasteiger partial charge in [-0.1, -0.05) is 135 Å². The Morgan fingerprint density at radius 1 is 0.388 bits per heavy atom. The summed E-state index contributed by atoms with van der Waals surface area (Å²) in [6, 6.07) is 70.6. The fourth-order valence-electron chi connectivity index (χ4n) is 14.9. The Morgan fingerprint density at radius 2 is 0.761 bits per heavy atom. The number of nitrogens with zero attached hydrogens (tertiary/aromatic N) is 2.